The summed E-state index contributed by atoms with van der Waals surface area (Å²) in [4.78, 5) is 43.5. The van der Waals surface area contributed by atoms with Crippen molar-refractivity contribution in [3.8, 4) is 11.1 Å². The van der Waals surface area contributed by atoms with Crippen LogP contribution in [0.3, 0.4) is 0 Å². The van der Waals surface area contributed by atoms with Gasteiger partial charge in [0.1, 0.15) is 10.5 Å². The Balaban J connectivity index is 1.44. The normalized spacial score (nSPS) is 15.0. The Morgan fingerprint density at radius 2 is 1.73 bits per heavy atom. The maximum atomic E-state index is 13.6. The second kappa shape index (κ2) is 13.4. The van der Waals surface area contributed by atoms with Gasteiger partial charge in [0.2, 0.25) is 5.91 Å². The molecule has 4 rings (SSSR count). The average Bonchev–Trinajstić information content (AvgIpc) is 3.45. The van der Waals surface area contributed by atoms with Crippen LogP contribution in [-0.4, -0.2) is 46.5 Å². The molecule has 0 spiro atoms. The summed E-state index contributed by atoms with van der Waals surface area (Å²) in [6.45, 7) is 9.88. The molecule has 0 bridgehead atoms. The summed E-state index contributed by atoms with van der Waals surface area (Å²) < 4.78 is 45.9. The summed E-state index contributed by atoms with van der Waals surface area (Å²) in [6, 6.07) is 9.93. The van der Waals surface area contributed by atoms with Crippen molar-refractivity contribution in [2.45, 2.75) is 77.7 Å². The van der Waals surface area contributed by atoms with Gasteiger partial charge in [0, 0.05) is 32.5 Å². The third-order valence-electron chi connectivity index (χ3n) is 7.37. The standard InChI is InChI=1S/C32H37F3N4O4S/c1-19(38-28(41)27-18-36-29(44-27)23-12-14-39(15-13-23)20(2)40)21-6-8-22(9-7-21)26-16-25(32(33,34)35)11-10-24(26)17-37-30(42)43-31(3,4)5/h6-11,16,18-19,23H,12-15,17H2,1-5H3,(H,37,42)(H,38,41)/t19-/m1/s1. The Kier molecular flexibility index (Phi) is 10.0. The van der Waals surface area contributed by atoms with Crippen LogP contribution in [0.2, 0.25) is 0 Å². The second-order valence-electron chi connectivity index (χ2n) is 11.9. The van der Waals surface area contributed by atoms with Gasteiger partial charge in [0.25, 0.3) is 5.91 Å². The molecule has 3 aromatic rings. The second-order valence-corrected chi connectivity index (χ2v) is 12.9. The Morgan fingerprint density at radius 1 is 1.07 bits per heavy atom. The van der Waals surface area contributed by atoms with Gasteiger partial charge in [-0.3, -0.25) is 9.59 Å². The molecule has 2 N–H and O–H groups in total. The number of aromatic nitrogens is 1. The molecule has 2 heterocycles. The minimum absolute atomic E-state index is 0.0245. The minimum Gasteiger partial charge on any atom is -0.444 e. The number of amides is 3. The molecule has 1 aliphatic heterocycles. The minimum atomic E-state index is -4.53. The van der Waals surface area contributed by atoms with Crippen molar-refractivity contribution in [2.75, 3.05) is 13.1 Å². The fourth-order valence-corrected chi connectivity index (χ4v) is 5.97. The van der Waals surface area contributed by atoms with Crippen molar-refractivity contribution in [2.24, 2.45) is 0 Å². The van der Waals surface area contributed by atoms with E-state index in [-0.39, 0.29) is 30.3 Å². The molecule has 3 amide bonds. The summed E-state index contributed by atoms with van der Waals surface area (Å²) in [5.41, 5.74) is 0.598. The molecule has 0 aliphatic carbocycles. The number of piperidine rings is 1. The van der Waals surface area contributed by atoms with E-state index in [2.05, 4.69) is 15.6 Å². The van der Waals surface area contributed by atoms with E-state index >= 15 is 0 Å². The molecule has 44 heavy (non-hydrogen) atoms. The number of hydrogen-bond donors (Lipinski definition) is 2. The van der Waals surface area contributed by atoms with Crippen molar-refractivity contribution in [3.05, 3.63) is 75.2 Å². The number of hydrogen-bond acceptors (Lipinski definition) is 6. The van der Waals surface area contributed by atoms with Crippen LogP contribution in [0.5, 0.6) is 0 Å². The van der Waals surface area contributed by atoms with E-state index in [1.165, 1.54) is 17.4 Å². The van der Waals surface area contributed by atoms with Crippen LogP contribution in [-0.2, 0) is 22.3 Å². The van der Waals surface area contributed by atoms with Crippen LogP contribution in [0.1, 0.15) is 90.8 Å². The maximum absolute atomic E-state index is 13.6. The van der Waals surface area contributed by atoms with E-state index in [1.807, 2.05) is 11.8 Å². The zero-order valence-electron chi connectivity index (χ0n) is 25.4. The predicted octanol–water partition coefficient (Wildman–Crippen LogP) is 7.07. The number of alkyl carbamates (subject to hydrolysis) is 1. The van der Waals surface area contributed by atoms with Gasteiger partial charge in [0.15, 0.2) is 0 Å². The SMILES string of the molecule is CC(=O)N1CCC(c2ncc(C(=O)N[C@H](C)c3ccc(-c4cc(C(F)(F)F)ccc4CNC(=O)OC(C)(C)C)cc3)s2)CC1. The molecule has 8 nitrogen and oxygen atoms in total. The highest BCUT2D eigenvalue weighted by Crippen LogP contribution is 2.35. The van der Waals surface area contributed by atoms with Gasteiger partial charge < -0.3 is 20.3 Å². The Labute approximate surface area is 259 Å². The fourth-order valence-electron chi connectivity index (χ4n) is 4.98. The van der Waals surface area contributed by atoms with Gasteiger partial charge in [0.05, 0.1) is 22.8 Å². The summed E-state index contributed by atoms with van der Waals surface area (Å²) in [5.74, 6) is 0.0113. The van der Waals surface area contributed by atoms with Crippen molar-refractivity contribution in [3.63, 3.8) is 0 Å². The number of likely N-dealkylation sites (tertiary alicyclic amines) is 1. The third kappa shape index (κ3) is 8.58. The number of ether oxygens (including phenoxy) is 1. The number of carbonyl (C=O) groups excluding carboxylic acids is 3. The highest BCUT2D eigenvalue weighted by molar-refractivity contribution is 7.13. The number of nitrogens with zero attached hydrogens (tertiary/aromatic N) is 2. The number of rotatable bonds is 7. The molecule has 12 heteroatoms. The van der Waals surface area contributed by atoms with Crippen molar-refractivity contribution in [1.82, 2.24) is 20.5 Å². The van der Waals surface area contributed by atoms with Crippen LogP contribution in [0, 0.1) is 0 Å². The number of carbonyl (C=O) groups is 3. The summed E-state index contributed by atoms with van der Waals surface area (Å²) in [5, 5.41) is 6.46. The lowest BCUT2D eigenvalue weighted by Crippen LogP contribution is -2.36. The maximum Gasteiger partial charge on any atom is 0.416 e. The highest BCUT2D eigenvalue weighted by Gasteiger charge is 2.31. The fraction of sp³-hybridized carbons (Fsp3) is 0.438. The van der Waals surface area contributed by atoms with Gasteiger partial charge in [-0.2, -0.15) is 13.2 Å². The van der Waals surface area contributed by atoms with Gasteiger partial charge in [-0.25, -0.2) is 9.78 Å². The van der Waals surface area contributed by atoms with Gasteiger partial charge >= 0.3 is 12.3 Å². The Hall–Kier alpha value is -3.93. The number of halogens is 3. The zero-order chi connectivity index (χ0) is 32.2. The molecule has 0 saturated carbocycles. The number of nitrogens with one attached hydrogen (secondary N) is 2. The van der Waals surface area contributed by atoms with E-state index < -0.39 is 23.4 Å². The lowest BCUT2D eigenvalue weighted by atomic mass is 9.95. The first-order valence-electron chi connectivity index (χ1n) is 14.4. The summed E-state index contributed by atoms with van der Waals surface area (Å²) in [7, 11) is 0. The predicted molar refractivity (Wildman–Crippen MR) is 162 cm³/mol. The van der Waals surface area contributed by atoms with E-state index in [4.69, 9.17) is 4.74 Å². The van der Waals surface area contributed by atoms with Crippen molar-refractivity contribution >= 4 is 29.2 Å². The first-order chi connectivity index (χ1) is 20.6. The molecule has 1 saturated heterocycles. The van der Waals surface area contributed by atoms with Crippen LogP contribution in [0.15, 0.2) is 48.7 Å². The zero-order valence-corrected chi connectivity index (χ0v) is 26.2. The molecule has 1 fully saturated rings. The Bertz CT molecular complexity index is 1490. The van der Waals surface area contributed by atoms with Crippen LogP contribution in [0.25, 0.3) is 11.1 Å². The summed E-state index contributed by atoms with van der Waals surface area (Å²) in [6.07, 6.45) is -2.02. The third-order valence-corrected chi connectivity index (χ3v) is 8.52. The number of thiazole rings is 1. The molecule has 1 aromatic heterocycles. The molecular formula is C32H37F3N4O4S. The van der Waals surface area contributed by atoms with E-state index in [1.54, 1.807) is 58.2 Å². The molecule has 1 atom stereocenters. The first-order valence-corrected chi connectivity index (χ1v) is 15.2. The van der Waals surface area contributed by atoms with Crippen LogP contribution >= 0.6 is 11.3 Å². The number of benzene rings is 2. The molecule has 2 aromatic carbocycles. The molecule has 1 aliphatic rings. The smallest absolute Gasteiger partial charge is 0.416 e. The van der Waals surface area contributed by atoms with E-state index in [0.29, 0.717) is 34.7 Å². The topological polar surface area (TPSA) is 101 Å². The van der Waals surface area contributed by atoms with Crippen molar-refractivity contribution < 1.29 is 32.3 Å². The van der Waals surface area contributed by atoms with Gasteiger partial charge in [-0.05, 0) is 74.9 Å². The van der Waals surface area contributed by atoms with Gasteiger partial charge in [-0.15, -0.1) is 11.3 Å². The average molecular weight is 631 g/mol. The largest absolute Gasteiger partial charge is 0.444 e. The summed E-state index contributed by atoms with van der Waals surface area (Å²) >= 11 is 1.35. The monoisotopic (exact) mass is 630 g/mol. The Morgan fingerprint density at radius 3 is 2.32 bits per heavy atom. The van der Waals surface area contributed by atoms with Crippen LogP contribution < -0.4 is 10.6 Å². The molecular weight excluding hydrogens is 593 g/mol. The van der Waals surface area contributed by atoms with Crippen LogP contribution in [0.4, 0.5) is 18.0 Å². The van der Waals surface area contributed by atoms with Crippen molar-refractivity contribution in [1.29, 1.82) is 0 Å². The molecule has 236 valence electrons. The van der Waals surface area contributed by atoms with E-state index in [0.717, 1.165) is 35.5 Å². The molecule has 0 unspecified atom stereocenters. The first kappa shape index (κ1) is 33.0. The van der Waals surface area contributed by atoms with Gasteiger partial charge in [-0.1, -0.05) is 30.3 Å². The quantitative estimate of drug-likeness (QED) is 0.291. The number of alkyl halides is 3. The lowest BCUT2D eigenvalue weighted by Gasteiger charge is -2.30. The van der Waals surface area contributed by atoms with E-state index in [9.17, 15) is 27.6 Å². The highest BCUT2D eigenvalue weighted by atomic mass is 32.1. The molecule has 0 radical (unpaired) electrons. The lowest BCUT2D eigenvalue weighted by molar-refractivity contribution is -0.137.